The Balaban J connectivity index is 1.69. The molecule has 0 aliphatic rings. The molecule has 32 heavy (non-hydrogen) atoms. The Bertz CT molecular complexity index is 1110. The number of esters is 1. The molecule has 0 unspecified atom stereocenters. The topological polar surface area (TPSA) is 86.2 Å². The number of ether oxygens (including phenoxy) is 3. The van der Waals surface area contributed by atoms with Gasteiger partial charge in [-0.1, -0.05) is 17.7 Å². The number of rotatable bonds is 8. The van der Waals surface area contributed by atoms with Crippen molar-refractivity contribution >= 4 is 18.1 Å². The van der Waals surface area contributed by atoms with Crippen LogP contribution in [-0.4, -0.2) is 31.8 Å². The van der Waals surface area contributed by atoms with Crippen LogP contribution in [0.2, 0.25) is 0 Å². The van der Waals surface area contributed by atoms with Crippen molar-refractivity contribution in [3.63, 3.8) is 0 Å². The molecular formula is C25H24N2O5. The van der Waals surface area contributed by atoms with Crippen LogP contribution in [0, 0.1) is 6.92 Å². The molecule has 0 saturated heterocycles. The van der Waals surface area contributed by atoms with Crippen LogP contribution in [0.3, 0.4) is 0 Å². The number of nitrogens with one attached hydrogen (secondary N) is 1. The number of hydrazone groups is 1. The molecule has 0 atom stereocenters. The van der Waals surface area contributed by atoms with E-state index in [0.717, 1.165) is 5.56 Å². The van der Waals surface area contributed by atoms with E-state index >= 15 is 0 Å². The SMILES string of the molecule is CCOc1cc(/C=N\NC(=O)c2ccc(C)cc2)ccc1OC(=O)c1ccc(OC)cc1. The first kappa shape index (κ1) is 22.6. The highest BCUT2D eigenvalue weighted by Gasteiger charge is 2.13. The summed E-state index contributed by atoms with van der Waals surface area (Å²) in [5.74, 6) is 0.503. The van der Waals surface area contributed by atoms with Gasteiger partial charge < -0.3 is 14.2 Å². The van der Waals surface area contributed by atoms with Crippen molar-refractivity contribution in [1.29, 1.82) is 0 Å². The van der Waals surface area contributed by atoms with Crippen molar-refractivity contribution in [2.45, 2.75) is 13.8 Å². The predicted molar refractivity (Wildman–Crippen MR) is 122 cm³/mol. The minimum Gasteiger partial charge on any atom is -0.497 e. The standard InChI is InChI=1S/C25H24N2O5/c1-4-31-23-15-18(16-26-27-24(28)19-8-5-17(2)6-9-19)7-14-22(23)32-25(29)20-10-12-21(30-3)13-11-20/h5-16H,4H2,1-3H3,(H,27,28)/b26-16-. The third kappa shape index (κ3) is 5.95. The summed E-state index contributed by atoms with van der Waals surface area (Å²) in [6.07, 6.45) is 1.49. The van der Waals surface area contributed by atoms with Crippen LogP contribution in [0.1, 0.15) is 38.8 Å². The number of hydrogen-bond acceptors (Lipinski definition) is 6. The van der Waals surface area contributed by atoms with Gasteiger partial charge in [-0.05, 0) is 74.0 Å². The first-order valence-corrected chi connectivity index (χ1v) is 10.0. The van der Waals surface area contributed by atoms with Crippen molar-refractivity contribution in [1.82, 2.24) is 5.43 Å². The lowest BCUT2D eigenvalue weighted by atomic mass is 10.1. The fourth-order valence-corrected chi connectivity index (χ4v) is 2.78. The summed E-state index contributed by atoms with van der Waals surface area (Å²) in [5.41, 5.74) is 5.13. The van der Waals surface area contributed by atoms with Gasteiger partial charge in [0.05, 0.1) is 25.5 Å². The fraction of sp³-hybridized carbons (Fsp3) is 0.160. The molecule has 7 heteroatoms. The summed E-state index contributed by atoms with van der Waals surface area (Å²) in [4.78, 5) is 24.6. The van der Waals surface area contributed by atoms with Crippen molar-refractivity contribution in [3.8, 4) is 17.2 Å². The van der Waals surface area contributed by atoms with E-state index in [2.05, 4.69) is 10.5 Å². The summed E-state index contributed by atoms with van der Waals surface area (Å²) in [5, 5.41) is 4.00. The molecule has 0 spiro atoms. The van der Waals surface area contributed by atoms with E-state index < -0.39 is 5.97 Å². The Morgan fingerprint density at radius 3 is 2.28 bits per heavy atom. The predicted octanol–water partition coefficient (Wildman–Crippen LogP) is 4.39. The molecule has 0 saturated carbocycles. The zero-order valence-corrected chi connectivity index (χ0v) is 18.1. The van der Waals surface area contributed by atoms with Gasteiger partial charge in [0.25, 0.3) is 5.91 Å². The van der Waals surface area contributed by atoms with E-state index in [0.29, 0.717) is 34.8 Å². The highest BCUT2D eigenvalue weighted by molar-refractivity contribution is 5.95. The summed E-state index contributed by atoms with van der Waals surface area (Å²) in [7, 11) is 1.56. The zero-order chi connectivity index (χ0) is 22.9. The molecule has 0 heterocycles. The molecule has 0 aromatic heterocycles. The Labute approximate surface area is 186 Å². The van der Waals surface area contributed by atoms with Gasteiger partial charge in [-0.2, -0.15) is 5.10 Å². The van der Waals surface area contributed by atoms with Gasteiger partial charge >= 0.3 is 5.97 Å². The largest absolute Gasteiger partial charge is 0.497 e. The number of carbonyl (C=O) groups excluding carboxylic acids is 2. The lowest BCUT2D eigenvalue weighted by molar-refractivity contribution is 0.0728. The maximum absolute atomic E-state index is 12.5. The smallest absolute Gasteiger partial charge is 0.343 e. The Kier molecular flexibility index (Phi) is 7.59. The van der Waals surface area contributed by atoms with Gasteiger partial charge in [0.2, 0.25) is 0 Å². The van der Waals surface area contributed by atoms with Crippen LogP contribution >= 0.6 is 0 Å². The Hall–Kier alpha value is -4.13. The average Bonchev–Trinajstić information content (AvgIpc) is 2.81. The molecular weight excluding hydrogens is 408 g/mol. The van der Waals surface area contributed by atoms with Gasteiger partial charge in [0, 0.05) is 5.56 Å². The van der Waals surface area contributed by atoms with Gasteiger partial charge in [-0.25, -0.2) is 10.2 Å². The van der Waals surface area contributed by atoms with Crippen LogP contribution in [0.15, 0.2) is 71.8 Å². The summed E-state index contributed by atoms with van der Waals surface area (Å²) < 4.78 is 16.2. The molecule has 164 valence electrons. The van der Waals surface area contributed by atoms with E-state index in [1.54, 1.807) is 61.7 Å². The van der Waals surface area contributed by atoms with Crippen molar-refractivity contribution < 1.29 is 23.8 Å². The summed E-state index contributed by atoms with van der Waals surface area (Å²) >= 11 is 0. The van der Waals surface area contributed by atoms with Crippen molar-refractivity contribution in [3.05, 3.63) is 89.0 Å². The molecule has 3 aromatic carbocycles. The molecule has 0 radical (unpaired) electrons. The zero-order valence-electron chi connectivity index (χ0n) is 18.1. The number of aryl methyl sites for hydroxylation is 1. The maximum Gasteiger partial charge on any atom is 0.343 e. The Morgan fingerprint density at radius 2 is 1.62 bits per heavy atom. The summed E-state index contributed by atoms with van der Waals surface area (Å²) in [6.45, 7) is 4.17. The lowest BCUT2D eigenvalue weighted by Gasteiger charge is -2.11. The van der Waals surface area contributed by atoms with Crippen LogP contribution < -0.4 is 19.6 Å². The average molecular weight is 432 g/mol. The highest BCUT2D eigenvalue weighted by Crippen LogP contribution is 2.29. The molecule has 7 nitrogen and oxygen atoms in total. The van der Waals surface area contributed by atoms with Gasteiger partial charge in [0.15, 0.2) is 11.5 Å². The van der Waals surface area contributed by atoms with E-state index in [4.69, 9.17) is 14.2 Å². The third-order valence-corrected chi connectivity index (χ3v) is 4.49. The van der Waals surface area contributed by atoms with Crippen LogP contribution in [-0.2, 0) is 0 Å². The van der Waals surface area contributed by atoms with E-state index in [1.165, 1.54) is 6.21 Å². The van der Waals surface area contributed by atoms with E-state index in [-0.39, 0.29) is 11.7 Å². The molecule has 0 bridgehead atoms. The number of benzene rings is 3. The van der Waals surface area contributed by atoms with Crippen molar-refractivity contribution in [2.75, 3.05) is 13.7 Å². The van der Waals surface area contributed by atoms with Crippen LogP contribution in [0.25, 0.3) is 0 Å². The van der Waals surface area contributed by atoms with Gasteiger partial charge in [-0.3, -0.25) is 4.79 Å². The minimum atomic E-state index is -0.514. The quantitative estimate of drug-likeness (QED) is 0.247. The molecule has 1 N–H and O–H groups in total. The third-order valence-electron chi connectivity index (χ3n) is 4.49. The number of amides is 1. The molecule has 3 rings (SSSR count). The maximum atomic E-state index is 12.5. The minimum absolute atomic E-state index is 0.286. The first-order chi connectivity index (χ1) is 15.5. The molecule has 0 fully saturated rings. The van der Waals surface area contributed by atoms with E-state index in [9.17, 15) is 9.59 Å². The second kappa shape index (κ2) is 10.8. The molecule has 3 aromatic rings. The van der Waals surface area contributed by atoms with E-state index in [1.807, 2.05) is 26.0 Å². The number of nitrogens with zero attached hydrogens (tertiary/aromatic N) is 1. The van der Waals surface area contributed by atoms with Crippen LogP contribution in [0.4, 0.5) is 0 Å². The number of methoxy groups -OCH3 is 1. The highest BCUT2D eigenvalue weighted by atomic mass is 16.6. The first-order valence-electron chi connectivity index (χ1n) is 10.0. The number of carbonyl (C=O) groups is 2. The molecule has 0 aliphatic carbocycles. The molecule has 1 amide bonds. The number of hydrogen-bond donors (Lipinski definition) is 1. The van der Waals surface area contributed by atoms with Gasteiger partial charge in [-0.15, -0.1) is 0 Å². The van der Waals surface area contributed by atoms with Crippen molar-refractivity contribution in [2.24, 2.45) is 5.10 Å². The second-order valence-electron chi connectivity index (χ2n) is 6.82. The normalized spacial score (nSPS) is 10.6. The monoisotopic (exact) mass is 432 g/mol. The lowest BCUT2D eigenvalue weighted by Crippen LogP contribution is -2.17. The summed E-state index contributed by atoms with van der Waals surface area (Å²) in [6, 6.07) is 18.8. The Morgan fingerprint density at radius 1 is 0.938 bits per heavy atom. The van der Waals surface area contributed by atoms with Crippen LogP contribution in [0.5, 0.6) is 17.2 Å². The molecule has 0 aliphatic heterocycles. The second-order valence-corrected chi connectivity index (χ2v) is 6.82. The van der Waals surface area contributed by atoms with Gasteiger partial charge in [0.1, 0.15) is 5.75 Å². The fourth-order valence-electron chi connectivity index (χ4n) is 2.78.